The Kier molecular flexibility index (Phi) is 5.81. The van der Waals surface area contributed by atoms with E-state index in [0.717, 1.165) is 12.1 Å². The van der Waals surface area contributed by atoms with Gasteiger partial charge in [-0.2, -0.15) is 0 Å². The van der Waals surface area contributed by atoms with Gasteiger partial charge in [0, 0.05) is 24.6 Å². The number of hydrogen-bond donors (Lipinski definition) is 2. The molecule has 1 heterocycles. The van der Waals surface area contributed by atoms with Crippen molar-refractivity contribution in [2.75, 3.05) is 18.5 Å². The Hall–Kier alpha value is -3.10. The number of carbonyl (C=O) groups is 2. The minimum absolute atomic E-state index is 0.249. The third-order valence-electron chi connectivity index (χ3n) is 4.60. The van der Waals surface area contributed by atoms with E-state index in [1.807, 2.05) is 0 Å². The first-order valence-electron chi connectivity index (χ1n) is 8.61. The standard InChI is InChI=1S/C19H17F4N3O2/c20-13-3-1-12(2-4-13)19(28)26-9-7-11(8-10-26)18(27)25-24-15-6-5-14(21)16(22)17(15)23/h1-6,11,24H,7-10H2,(H,25,27). The molecule has 9 heteroatoms. The summed E-state index contributed by atoms with van der Waals surface area (Å²) in [5.74, 6) is -5.95. The summed E-state index contributed by atoms with van der Waals surface area (Å²) in [6.07, 6.45) is 0.751. The van der Waals surface area contributed by atoms with Crippen molar-refractivity contribution in [3.63, 3.8) is 0 Å². The molecule has 148 valence electrons. The smallest absolute Gasteiger partial charge is 0.253 e. The molecule has 3 rings (SSSR count). The van der Waals surface area contributed by atoms with E-state index < -0.39 is 40.8 Å². The minimum Gasteiger partial charge on any atom is -0.339 e. The molecule has 1 saturated heterocycles. The van der Waals surface area contributed by atoms with Crippen LogP contribution in [0.15, 0.2) is 36.4 Å². The van der Waals surface area contributed by atoms with Crippen LogP contribution >= 0.6 is 0 Å². The molecule has 1 aliphatic heterocycles. The molecule has 0 bridgehead atoms. The molecule has 0 unspecified atom stereocenters. The molecule has 0 saturated carbocycles. The molecule has 2 amide bonds. The zero-order valence-electron chi connectivity index (χ0n) is 14.6. The Morgan fingerprint density at radius 3 is 2.18 bits per heavy atom. The number of nitrogens with one attached hydrogen (secondary N) is 2. The van der Waals surface area contributed by atoms with Gasteiger partial charge in [-0.25, -0.2) is 17.6 Å². The van der Waals surface area contributed by atoms with Crippen LogP contribution in [0, 0.1) is 29.2 Å². The molecule has 0 aromatic heterocycles. The maximum atomic E-state index is 13.6. The maximum absolute atomic E-state index is 13.6. The van der Waals surface area contributed by atoms with Gasteiger partial charge in [0.1, 0.15) is 5.82 Å². The summed E-state index contributed by atoms with van der Waals surface area (Å²) < 4.78 is 52.6. The van der Waals surface area contributed by atoms with Crippen LogP contribution in [0.5, 0.6) is 0 Å². The largest absolute Gasteiger partial charge is 0.339 e. The number of likely N-dealkylation sites (tertiary alicyclic amines) is 1. The highest BCUT2D eigenvalue weighted by Gasteiger charge is 2.28. The van der Waals surface area contributed by atoms with Gasteiger partial charge < -0.3 is 4.90 Å². The average molecular weight is 395 g/mol. The molecular formula is C19H17F4N3O2. The Morgan fingerprint density at radius 2 is 1.54 bits per heavy atom. The summed E-state index contributed by atoms with van der Waals surface area (Å²) >= 11 is 0. The lowest BCUT2D eigenvalue weighted by Gasteiger charge is -2.31. The summed E-state index contributed by atoms with van der Waals surface area (Å²) in [5.41, 5.74) is 4.49. The summed E-state index contributed by atoms with van der Waals surface area (Å²) in [6.45, 7) is 0.654. The van der Waals surface area contributed by atoms with Crippen LogP contribution in [0.3, 0.4) is 0 Å². The second-order valence-corrected chi connectivity index (χ2v) is 6.41. The van der Waals surface area contributed by atoms with Gasteiger partial charge in [-0.15, -0.1) is 0 Å². The van der Waals surface area contributed by atoms with E-state index in [0.29, 0.717) is 31.5 Å². The fraction of sp³-hybridized carbons (Fsp3) is 0.263. The lowest BCUT2D eigenvalue weighted by Crippen LogP contribution is -2.44. The van der Waals surface area contributed by atoms with E-state index in [1.165, 1.54) is 24.3 Å². The third kappa shape index (κ3) is 4.24. The number of piperidine rings is 1. The molecule has 28 heavy (non-hydrogen) atoms. The van der Waals surface area contributed by atoms with Gasteiger partial charge in [0.25, 0.3) is 5.91 Å². The van der Waals surface area contributed by atoms with Crippen molar-refractivity contribution in [2.45, 2.75) is 12.8 Å². The van der Waals surface area contributed by atoms with Gasteiger partial charge in [-0.05, 0) is 49.2 Å². The normalized spacial score (nSPS) is 14.6. The first-order valence-corrected chi connectivity index (χ1v) is 8.61. The topological polar surface area (TPSA) is 61.4 Å². The van der Waals surface area contributed by atoms with E-state index in [2.05, 4.69) is 10.9 Å². The lowest BCUT2D eigenvalue weighted by molar-refractivity contribution is -0.125. The Balaban J connectivity index is 1.52. The van der Waals surface area contributed by atoms with Crippen LogP contribution in [0.1, 0.15) is 23.2 Å². The zero-order chi connectivity index (χ0) is 20.3. The van der Waals surface area contributed by atoms with Crippen molar-refractivity contribution in [3.05, 3.63) is 65.2 Å². The number of halogens is 4. The monoisotopic (exact) mass is 395 g/mol. The predicted molar refractivity (Wildman–Crippen MR) is 93.1 cm³/mol. The molecule has 0 spiro atoms. The van der Waals surface area contributed by atoms with Crippen molar-refractivity contribution < 1.29 is 27.2 Å². The van der Waals surface area contributed by atoms with E-state index in [9.17, 15) is 27.2 Å². The molecule has 2 N–H and O–H groups in total. The van der Waals surface area contributed by atoms with E-state index in [4.69, 9.17) is 0 Å². The van der Waals surface area contributed by atoms with Crippen LogP contribution in [0.4, 0.5) is 23.2 Å². The van der Waals surface area contributed by atoms with E-state index >= 15 is 0 Å². The molecule has 2 aromatic rings. The molecule has 5 nitrogen and oxygen atoms in total. The van der Waals surface area contributed by atoms with Gasteiger partial charge in [0.2, 0.25) is 5.91 Å². The van der Waals surface area contributed by atoms with E-state index in [1.54, 1.807) is 4.90 Å². The number of benzene rings is 2. The zero-order valence-corrected chi connectivity index (χ0v) is 14.6. The van der Waals surface area contributed by atoms with Crippen LogP contribution in [0.25, 0.3) is 0 Å². The van der Waals surface area contributed by atoms with Gasteiger partial charge in [-0.3, -0.25) is 20.4 Å². The van der Waals surface area contributed by atoms with Crippen molar-refractivity contribution in [1.29, 1.82) is 0 Å². The van der Waals surface area contributed by atoms with Crippen LogP contribution in [0.2, 0.25) is 0 Å². The summed E-state index contributed by atoms with van der Waals surface area (Å²) in [4.78, 5) is 26.2. The van der Waals surface area contributed by atoms with Crippen molar-refractivity contribution in [2.24, 2.45) is 5.92 Å². The Morgan fingerprint density at radius 1 is 0.893 bits per heavy atom. The lowest BCUT2D eigenvalue weighted by atomic mass is 9.95. The number of anilines is 1. The molecule has 2 aromatic carbocycles. The highest BCUT2D eigenvalue weighted by Crippen LogP contribution is 2.21. The minimum atomic E-state index is -1.63. The molecule has 1 fully saturated rings. The van der Waals surface area contributed by atoms with Gasteiger partial charge in [0.15, 0.2) is 17.5 Å². The van der Waals surface area contributed by atoms with E-state index in [-0.39, 0.29) is 5.91 Å². The van der Waals surface area contributed by atoms with Crippen LogP contribution < -0.4 is 10.9 Å². The second kappa shape index (κ2) is 8.28. The molecule has 0 aliphatic carbocycles. The summed E-state index contributed by atoms with van der Waals surface area (Å²) in [7, 11) is 0. The SMILES string of the molecule is O=C(NNc1ccc(F)c(F)c1F)C1CCN(C(=O)c2ccc(F)cc2)CC1. The summed E-state index contributed by atoms with van der Waals surface area (Å²) in [5, 5.41) is 0. The number of nitrogens with zero attached hydrogens (tertiary/aromatic N) is 1. The first kappa shape index (κ1) is 19.7. The third-order valence-corrected chi connectivity index (χ3v) is 4.60. The number of hydrazine groups is 1. The average Bonchev–Trinajstić information content (AvgIpc) is 2.71. The first-order chi connectivity index (χ1) is 13.4. The van der Waals surface area contributed by atoms with Gasteiger partial charge >= 0.3 is 0 Å². The molecular weight excluding hydrogens is 378 g/mol. The fourth-order valence-corrected chi connectivity index (χ4v) is 2.97. The Labute approximate surface area is 158 Å². The van der Waals surface area contributed by atoms with Crippen molar-refractivity contribution >= 4 is 17.5 Å². The summed E-state index contributed by atoms with van der Waals surface area (Å²) in [6, 6.07) is 6.92. The molecule has 0 radical (unpaired) electrons. The van der Waals surface area contributed by atoms with Crippen LogP contribution in [-0.4, -0.2) is 29.8 Å². The number of carbonyl (C=O) groups excluding carboxylic acids is 2. The Bertz CT molecular complexity index is 881. The van der Waals surface area contributed by atoms with Crippen molar-refractivity contribution in [3.8, 4) is 0 Å². The van der Waals surface area contributed by atoms with Gasteiger partial charge in [-0.1, -0.05) is 0 Å². The fourth-order valence-electron chi connectivity index (χ4n) is 2.97. The number of rotatable bonds is 4. The molecule has 0 atom stereocenters. The van der Waals surface area contributed by atoms with Gasteiger partial charge in [0.05, 0.1) is 5.69 Å². The number of hydrogen-bond acceptors (Lipinski definition) is 3. The maximum Gasteiger partial charge on any atom is 0.253 e. The molecule has 1 aliphatic rings. The quantitative estimate of drug-likeness (QED) is 0.475. The van der Waals surface area contributed by atoms with Crippen molar-refractivity contribution in [1.82, 2.24) is 10.3 Å². The second-order valence-electron chi connectivity index (χ2n) is 6.41. The number of amides is 2. The van der Waals surface area contributed by atoms with Crippen LogP contribution in [-0.2, 0) is 4.79 Å². The predicted octanol–water partition coefficient (Wildman–Crippen LogP) is 3.24. The highest BCUT2D eigenvalue weighted by atomic mass is 19.2. The highest BCUT2D eigenvalue weighted by molar-refractivity contribution is 5.94.